The molecule has 58 nitrogen and oxygen atoms in total. The summed E-state index contributed by atoms with van der Waals surface area (Å²) in [6.45, 7) is 19.5. The summed E-state index contributed by atoms with van der Waals surface area (Å²) in [6, 6.07) is 1.18. The van der Waals surface area contributed by atoms with Gasteiger partial charge in [-0.1, -0.05) is 0 Å². The smallest absolute Gasteiger partial charge is 0.330 e. The SMILES string of the molecule is CCOc1nc(N)nc2c1ncn2[C@@H]1O[C@@]2(CO[PH](C)=O)CO[C@@H]1[C@@H]2S.C[C@H](O[PH](C)=O)[C@@]12CO[C@@H]([C@H](n3ccc(=O)[nH]c3=O)O1)[C@@H]2O.C[C@H](O[PH](C)=O)[C@@]12CO[C@@H]([C@H](n3cnc4c(=O)[nH]c(N)nc43)O1)[C@@H]2O.C[PH](=O)OC[C@@]12CO[C@@H]([C@H](n3cnc4c(N)nc(N)nc43)O1)[C@@H]2S.C[PH](=O)OC[C@@]12CO[C@@H]([C@H](n3cnc4c(N)ncnc43)O1)[C@@H]2S.Cc1cn([C@@H]2O[C@@]3([C@H](C)O[PH](C)=O)CO[C@@H]2[C@@H]3O)c(=O)[nH]c1=O.[Y].[Y].[Y].[Y].[Y].[Y]. The number of nitrogen functional groups attached to an aromatic ring is 5. The maximum atomic E-state index is 12.0. The van der Waals surface area contributed by atoms with Gasteiger partial charge in [0.25, 0.3) is 16.7 Å². The van der Waals surface area contributed by atoms with Gasteiger partial charge >= 0.3 is 11.4 Å². The number of H-pyrrole nitrogens is 3. The third-order valence-electron chi connectivity index (χ3n) is 26.1. The molecular weight excluding hydrogens is 2610 g/mol. The van der Waals surface area contributed by atoms with Crippen molar-refractivity contribution in [3.63, 3.8) is 0 Å². The Morgan fingerprint density at radius 1 is 0.423 bits per heavy atom. The van der Waals surface area contributed by atoms with Crippen molar-refractivity contribution in [3.05, 3.63) is 108 Å². The van der Waals surface area contributed by atoms with Crippen LogP contribution in [0.4, 0.5) is 29.5 Å². The second-order valence-corrected chi connectivity index (χ2v) is 44.5. The first-order valence-corrected chi connectivity index (χ1v) is 56.7. The van der Waals surface area contributed by atoms with Crippen LogP contribution in [0.1, 0.15) is 70.6 Å². The number of hydrogen-bond acceptors (Lipinski definition) is 52. The molecular formula is C76H107N25O33P6S3Y6. The van der Waals surface area contributed by atoms with E-state index >= 15 is 0 Å². The van der Waals surface area contributed by atoms with Gasteiger partial charge in [-0.2, -0.15) is 62.8 Å². The van der Waals surface area contributed by atoms with Crippen molar-refractivity contribution in [1.82, 2.24) is 97.2 Å². The van der Waals surface area contributed by atoms with Gasteiger partial charge in [-0.15, -0.1) is 0 Å². The van der Waals surface area contributed by atoms with Crippen molar-refractivity contribution in [2.24, 2.45) is 0 Å². The van der Waals surface area contributed by atoms with E-state index in [0.717, 1.165) is 4.57 Å². The molecule has 0 saturated carbocycles. The summed E-state index contributed by atoms with van der Waals surface area (Å²) in [6.07, 6.45) is -2.13. The molecule has 10 aromatic heterocycles. The third-order valence-corrected chi connectivity index (χ3v) is 32.1. The van der Waals surface area contributed by atoms with Gasteiger partial charge in [0.1, 0.15) is 106 Å². The molecule has 33 atom stereocenters. The molecule has 149 heavy (non-hydrogen) atoms. The van der Waals surface area contributed by atoms with Crippen molar-refractivity contribution >= 4 is 160 Å². The summed E-state index contributed by atoms with van der Waals surface area (Å²) in [5.41, 5.74) is 23.8. The number of nitrogens with two attached hydrogens (primary N) is 5. The van der Waals surface area contributed by atoms with Crippen molar-refractivity contribution in [1.29, 1.82) is 0 Å². The fourth-order valence-corrected chi connectivity index (χ4v) is 23.7. The fourth-order valence-electron chi connectivity index (χ4n) is 18.9. The van der Waals surface area contributed by atoms with Crippen LogP contribution >= 0.6 is 86.1 Å². The Morgan fingerprint density at radius 2 is 0.779 bits per heavy atom. The fraction of sp³-hybridized carbons (Fsp3) is 0.632. The maximum Gasteiger partial charge on any atom is 0.330 e. The average molecular weight is 2710 g/mol. The molecule has 22 rings (SSSR count). The molecule has 800 valence electrons. The second-order valence-electron chi connectivity index (χ2n) is 35.3. The van der Waals surface area contributed by atoms with Gasteiger partial charge in [0, 0.05) is 260 Å². The molecule has 12 aliphatic heterocycles. The molecule has 73 heteroatoms. The Hall–Kier alpha value is -1.63. The van der Waals surface area contributed by atoms with Crippen LogP contribution in [0.3, 0.4) is 0 Å². The molecule has 6 radical (unpaired) electrons. The van der Waals surface area contributed by atoms with Crippen LogP contribution in [0.5, 0.6) is 5.88 Å². The first kappa shape index (κ1) is 127. The number of rotatable bonds is 26. The van der Waals surface area contributed by atoms with Crippen LogP contribution in [0.2, 0.25) is 0 Å². The number of anilines is 5. The number of nitrogens with one attached hydrogen (secondary N) is 3. The van der Waals surface area contributed by atoms with Crippen LogP contribution in [-0.2, 0) is 308 Å². The molecule has 0 aromatic carbocycles. The zero-order valence-electron chi connectivity index (χ0n) is 81.2. The van der Waals surface area contributed by atoms with Gasteiger partial charge in [-0.25, -0.2) is 39.5 Å². The summed E-state index contributed by atoms with van der Waals surface area (Å²) in [4.78, 5) is 111. The Labute approximate surface area is 1020 Å². The van der Waals surface area contributed by atoms with Gasteiger partial charge in [-0.05, 0) is 34.6 Å². The van der Waals surface area contributed by atoms with Gasteiger partial charge in [0.2, 0.25) is 23.7 Å². The number of ether oxygens (including phenoxy) is 13. The maximum absolute atomic E-state index is 12.0. The molecule has 16 N–H and O–H groups in total. The Bertz CT molecular complexity index is 6990. The molecule has 12 aliphatic rings. The Balaban J connectivity index is 0.000000168. The topological polar surface area (TPSA) is 773 Å². The minimum absolute atomic E-state index is 0. The van der Waals surface area contributed by atoms with Crippen molar-refractivity contribution in [2.45, 2.75) is 195 Å². The minimum atomic E-state index is -2.24. The van der Waals surface area contributed by atoms with Crippen molar-refractivity contribution in [2.75, 3.05) is 135 Å². The number of aromatic nitrogens is 20. The van der Waals surface area contributed by atoms with Crippen LogP contribution in [0.25, 0.3) is 44.7 Å². The predicted octanol–water partition coefficient (Wildman–Crippen LogP) is -0.857. The first-order chi connectivity index (χ1) is 67.8. The van der Waals surface area contributed by atoms with E-state index < -0.39 is 202 Å². The number of aryl methyl sites for hydroxylation is 1. The van der Waals surface area contributed by atoms with Crippen molar-refractivity contribution < 1.29 is 328 Å². The first-order valence-electron chi connectivity index (χ1n) is 44.3. The molecule has 12 fully saturated rings. The summed E-state index contributed by atoms with van der Waals surface area (Å²) in [7, 11) is -12.9. The number of thiol groups is 3. The number of fused-ring (bicyclic) bond motifs is 16. The molecule has 12 saturated heterocycles. The minimum Gasteiger partial charge on any atom is -0.476 e. The molecule has 0 amide bonds. The zero-order chi connectivity index (χ0) is 103. The molecule has 22 heterocycles. The number of aliphatic hydroxyl groups excluding tert-OH is 3. The van der Waals surface area contributed by atoms with Crippen LogP contribution in [0.15, 0.2) is 74.1 Å². The van der Waals surface area contributed by atoms with Gasteiger partial charge < -0.3 is 133 Å². The van der Waals surface area contributed by atoms with E-state index in [9.17, 15) is 66.7 Å². The number of aliphatic hydroxyl groups is 3. The van der Waals surface area contributed by atoms with E-state index in [2.05, 4.69) is 108 Å². The van der Waals surface area contributed by atoms with Crippen LogP contribution in [-0.4, -0.2) is 341 Å². The Morgan fingerprint density at radius 3 is 1.19 bits per heavy atom. The van der Waals surface area contributed by atoms with E-state index in [1.165, 1.54) is 80.2 Å². The van der Waals surface area contributed by atoms with E-state index in [1.54, 1.807) is 60.4 Å². The molecule has 6 unspecified atom stereocenters. The van der Waals surface area contributed by atoms with E-state index in [-0.39, 0.29) is 305 Å². The second kappa shape index (κ2) is 51.8. The van der Waals surface area contributed by atoms with Gasteiger partial charge in [0.05, 0.1) is 125 Å². The van der Waals surface area contributed by atoms with E-state index in [1.807, 2.05) is 6.92 Å². The number of imidazole rings is 4. The zero-order valence-corrected chi connectivity index (χ0v) is 107. The molecule has 10 aromatic rings. The largest absolute Gasteiger partial charge is 0.476 e. The van der Waals surface area contributed by atoms with Crippen LogP contribution < -0.4 is 61.5 Å². The number of aromatic amines is 3. The third kappa shape index (κ3) is 24.9. The monoisotopic (exact) mass is 2710 g/mol. The Kier molecular flexibility index (Phi) is 44.3. The van der Waals surface area contributed by atoms with Gasteiger partial charge in [0.15, 0.2) is 131 Å². The number of nitrogens with zero attached hydrogens (tertiary/aromatic N) is 17. The quantitative estimate of drug-likeness (QED) is 0.0232. The normalized spacial score (nSPS) is 32.7. The summed E-state index contributed by atoms with van der Waals surface area (Å²) < 4.78 is 185. The molecule has 12 bridgehead atoms. The van der Waals surface area contributed by atoms with E-state index in [0.29, 0.717) is 77.2 Å². The van der Waals surface area contributed by atoms with Crippen molar-refractivity contribution in [3.8, 4) is 5.88 Å². The molecule has 0 aliphatic carbocycles. The predicted molar refractivity (Wildman–Crippen MR) is 516 cm³/mol. The van der Waals surface area contributed by atoms with E-state index in [4.69, 9.17) is 117 Å². The average Bonchev–Trinajstić information content (AvgIpc) is 1.60. The van der Waals surface area contributed by atoms with Crippen LogP contribution in [0, 0.1) is 6.92 Å². The molecule has 0 spiro atoms. The standard InChI is InChI=1S/C14H20N5O5PS.C13H18N5O6P.C13H19N2O7P.C12H17N6O4PS.C12H16N5O4PS.C12H17N2O7P.6Y/c1-3-21-11-7-10(17-13(15)18-11)19(6-16-7)12-8-9(26)14(24-12,4-22-8)5-23-25(2)20;1-5(24-25(2)21)13-3-22-7(8(13)19)11(23-13)18-4-15-6-9(18)16-12(14)17-10(6)20;1-6-4-15(12(18)14-10(6)17)11-8-9(16)13(21-11,5-20-8)7(2)22-23(3)19;1-23(19)21-3-12-2-20-6(7(12)24)10(22-12)18-4-15-5-8(13)16-11(14)17-9(5)18;1-22(18)20-3-12-2-19-7(8(12)23)11(21-12)17-5-16-6-9(13)14-4-15-10(6)17;1-6(21-22(2)18)12-5-19-8(9(12)16)10(20-12)14-4-3-7(15)13-11(14)17;;;;;;/h6,8-9,12,25-26H,3-5H2,1-2H3,(H2,15,17,18);4-5,7-8,11,19,25H,3H2,1-2H3,(H3,14,16,17,20);4,7-9,11,16,23H,5H2,1-3H3,(H,14,17,18);4,6-7,10,23-24H,2-3H2,1H3,(H4,13,14,16,17);4-5,7-8,11,22-23H,2-3H2,1H3,(H2,13,14,15);3-4,6,8-10,16,22H,5H2,1-2H3,(H,13,15,17);;;;;;/t8-,9+,12-,14-;5-,7+,8-,11+,13+;7-,8+,9-,11+,13+;6-,7+,10-,12-;7-,8+,11-,12-;6-,8+,9-,10+,12+;;;;;;/m100110....../s1. The summed E-state index contributed by atoms with van der Waals surface area (Å²) in [5, 5.41) is 30.9. The van der Waals surface area contributed by atoms with Gasteiger partial charge in [-0.3, -0.25) is 84.1 Å². The summed E-state index contributed by atoms with van der Waals surface area (Å²) >= 11 is 13.9. The summed E-state index contributed by atoms with van der Waals surface area (Å²) in [5.74, 6) is 0.906. The number of hydrogen-bond donors (Lipinski definition) is 14.